The fourth-order valence-corrected chi connectivity index (χ4v) is 4.30. The molecule has 1 aromatic carbocycles. The topological polar surface area (TPSA) is 57.7 Å². The van der Waals surface area contributed by atoms with Gasteiger partial charge in [-0.1, -0.05) is 43.2 Å². The number of rotatable bonds is 4. The third kappa shape index (κ3) is 5.30. The Balaban J connectivity index is 1.35. The Morgan fingerprint density at radius 3 is 2.63 bits per heavy atom. The zero-order valence-corrected chi connectivity index (χ0v) is 17.8. The highest BCUT2D eigenvalue weighted by Gasteiger charge is 2.29. The normalized spacial score (nSPS) is 22.4. The molecule has 6 nitrogen and oxygen atoms in total. The fourth-order valence-electron chi connectivity index (χ4n) is 4.30. The minimum Gasteiger partial charge on any atom is -0.367 e. The summed E-state index contributed by atoms with van der Waals surface area (Å²) >= 11 is 0. The van der Waals surface area contributed by atoms with E-state index in [4.69, 9.17) is 4.74 Å². The predicted molar refractivity (Wildman–Crippen MR) is 118 cm³/mol. The Morgan fingerprint density at radius 2 is 1.87 bits per heavy atom. The molecule has 2 atom stereocenters. The van der Waals surface area contributed by atoms with E-state index in [1.165, 1.54) is 25.7 Å². The van der Waals surface area contributed by atoms with Crippen LogP contribution in [0, 0.1) is 0 Å². The van der Waals surface area contributed by atoms with Crippen molar-refractivity contribution in [3.8, 4) is 0 Å². The first-order valence-corrected chi connectivity index (χ1v) is 11.1. The Morgan fingerprint density at radius 1 is 1.10 bits per heavy atom. The second-order valence-electron chi connectivity index (χ2n) is 8.33. The second kappa shape index (κ2) is 9.94. The zero-order chi connectivity index (χ0) is 20.8. The number of morpholine rings is 1. The lowest BCUT2D eigenvalue weighted by Crippen LogP contribution is -2.49. The van der Waals surface area contributed by atoms with E-state index in [1.54, 1.807) is 0 Å². The SMILES string of the molecule is CC1CN(C(=O)NCc2ccnc(N3CCCCCC3)c2)CC(c2ccccc2)O1. The fraction of sp³-hybridized carbons (Fsp3) is 0.500. The molecule has 0 radical (unpaired) electrons. The van der Waals surface area contributed by atoms with Crippen LogP contribution < -0.4 is 10.2 Å². The summed E-state index contributed by atoms with van der Waals surface area (Å²) in [6.07, 6.45) is 6.81. The summed E-state index contributed by atoms with van der Waals surface area (Å²) in [5.41, 5.74) is 2.19. The number of anilines is 1. The maximum atomic E-state index is 12.9. The van der Waals surface area contributed by atoms with Crippen LogP contribution in [0.25, 0.3) is 0 Å². The minimum atomic E-state index is -0.0868. The van der Waals surface area contributed by atoms with E-state index < -0.39 is 0 Å². The van der Waals surface area contributed by atoms with Crippen molar-refractivity contribution in [2.24, 2.45) is 0 Å². The molecule has 30 heavy (non-hydrogen) atoms. The van der Waals surface area contributed by atoms with Crippen molar-refractivity contribution >= 4 is 11.8 Å². The third-order valence-corrected chi connectivity index (χ3v) is 5.90. The number of aromatic nitrogens is 1. The number of nitrogens with zero attached hydrogens (tertiary/aromatic N) is 3. The Hall–Kier alpha value is -2.60. The van der Waals surface area contributed by atoms with Crippen LogP contribution in [-0.2, 0) is 11.3 Å². The van der Waals surface area contributed by atoms with Gasteiger partial charge in [0.1, 0.15) is 11.9 Å². The Bertz CT molecular complexity index is 821. The highest BCUT2D eigenvalue weighted by atomic mass is 16.5. The van der Waals surface area contributed by atoms with Crippen LogP contribution in [0.4, 0.5) is 10.6 Å². The Labute approximate surface area is 179 Å². The van der Waals surface area contributed by atoms with Gasteiger partial charge in [0.2, 0.25) is 0 Å². The average molecular weight is 409 g/mol. The van der Waals surface area contributed by atoms with Crippen molar-refractivity contribution in [1.29, 1.82) is 0 Å². The van der Waals surface area contributed by atoms with Gasteiger partial charge in [0.25, 0.3) is 0 Å². The molecule has 0 saturated carbocycles. The van der Waals surface area contributed by atoms with Gasteiger partial charge < -0.3 is 19.9 Å². The van der Waals surface area contributed by atoms with Gasteiger partial charge in [-0.2, -0.15) is 0 Å². The average Bonchev–Trinajstić information content (AvgIpc) is 3.07. The van der Waals surface area contributed by atoms with E-state index in [2.05, 4.69) is 33.4 Å². The minimum absolute atomic E-state index is 0.00488. The van der Waals surface area contributed by atoms with E-state index in [0.717, 1.165) is 30.0 Å². The van der Waals surface area contributed by atoms with Gasteiger partial charge in [-0.3, -0.25) is 0 Å². The summed E-state index contributed by atoms with van der Waals surface area (Å²) in [6.45, 7) is 5.82. The molecule has 2 amide bonds. The van der Waals surface area contributed by atoms with Crippen molar-refractivity contribution in [1.82, 2.24) is 15.2 Å². The van der Waals surface area contributed by atoms with E-state index in [1.807, 2.05) is 42.3 Å². The molecule has 2 saturated heterocycles. The number of urea groups is 1. The molecule has 3 heterocycles. The molecular formula is C24H32N4O2. The predicted octanol–water partition coefficient (Wildman–Crippen LogP) is 4.13. The van der Waals surface area contributed by atoms with Crippen LogP contribution in [0.5, 0.6) is 0 Å². The summed E-state index contributed by atoms with van der Waals surface area (Å²) in [4.78, 5) is 21.7. The molecule has 2 fully saturated rings. The number of nitrogens with one attached hydrogen (secondary N) is 1. The van der Waals surface area contributed by atoms with Gasteiger partial charge in [0.15, 0.2) is 0 Å². The van der Waals surface area contributed by atoms with E-state index >= 15 is 0 Å². The van der Waals surface area contributed by atoms with Crippen LogP contribution in [0.1, 0.15) is 49.8 Å². The molecule has 1 N–H and O–H groups in total. The summed E-state index contributed by atoms with van der Waals surface area (Å²) in [5, 5.41) is 3.09. The number of amides is 2. The quantitative estimate of drug-likeness (QED) is 0.826. The maximum absolute atomic E-state index is 12.9. The molecule has 2 unspecified atom stereocenters. The second-order valence-corrected chi connectivity index (χ2v) is 8.33. The number of hydrogen-bond acceptors (Lipinski definition) is 4. The van der Waals surface area contributed by atoms with Crippen molar-refractivity contribution < 1.29 is 9.53 Å². The smallest absolute Gasteiger partial charge is 0.317 e. The van der Waals surface area contributed by atoms with Crippen LogP contribution in [0.3, 0.4) is 0 Å². The highest BCUT2D eigenvalue weighted by Crippen LogP contribution is 2.25. The molecule has 2 aromatic rings. The first-order chi connectivity index (χ1) is 14.7. The lowest BCUT2D eigenvalue weighted by Gasteiger charge is -2.37. The van der Waals surface area contributed by atoms with Crippen molar-refractivity contribution in [2.45, 2.75) is 51.4 Å². The number of benzene rings is 1. The molecule has 0 bridgehead atoms. The number of carbonyl (C=O) groups excluding carboxylic acids is 1. The molecule has 1 aromatic heterocycles. The number of ether oxygens (including phenoxy) is 1. The summed E-state index contributed by atoms with van der Waals surface area (Å²) in [5.74, 6) is 1.02. The standard InChI is InChI=1S/C24H32N4O2/c1-19-17-28(18-22(30-19)21-9-5-4-6-10-21)24(29)26-16-20-11-12-25-23(15-20)27-13-7-2-3-8-14-27/h4-6,9-12,15,19,22H,2-3,7-8,13-14,16-18H2,1H3,(H,26,29). The van der Waals surface area contributed by atoms with E-state index in [-0.39, 0.29) is 18.2 Å². The van der Waals surface area contributed by atoms with Crippen LogP contribution in [0.2, 0.25) is 0 Å². The van der Waals surface area contributed by atoms with Gasteiger partial charge >= 0.3 is 6.03 Å². The van der Waals surface area contributed by atoms with Crippen molar-refractivity contribution in [2.75, 3.05) is 31.1 Å². The molecule has 4 rings (SSSR count). The van der Waals surface area contributed by atoms with E-state index in [0.29, 0.717) is 19.6 Å². The van der Waals surface area contributed by atoms with Crippen LogP contribution >= 0.6 is 0 Å². The van der Waals surface area contributed by atoms with Gasteiger partial charge in [0.05, 0.1) is 12.6 Å². The molecular weight excluding hydrogens is 376 g/mol. The summed E-state index contributed by atoms with van der Waals surface area (Å²) < 4.78 is 6.07. The largest absolute Gasteiger partial charge is 0.367 e. The molecule has 2 aliphatic rings. The molecule has 0 spiro atoms. The Kier molecular flexibility index (Phi) is 6.84. The summed E-state index contributed by atoms with van der Waals surface area (Å²) in [7, 11) is 0. The van der Waals surface area contributed by atoms with Crippen LogP contribution in [-0.4, -0.2) is 48.2 Å². The molecule has 2 aliphatic heterocycles. The molecule has 0 aliphatic carbocycles. The lowest BCUT2D eigenvalue weighted by molar-refractivity contribution is -0.0657. The summed E-state index contributed by atoms with van der Waals surface area (Å²) in [6, 6.07) is 14.2. The van der Waals surface area contributed by atoms with Gasteiger partial charge in [-0.05, 0) is 43.0 Å². The van der Waals surface area contributed by atoms with Gasteiger partial charge in [-0.15, -0.1) is 0 Å². The molecule has 6 heteroatoms. The van der Waals surface area contributed by atoms with Gasteiger partial charge in [-0.25, -0.2) is 9.78 Å². The number of pyridine rings is 1. The number of carbonyl (C=O) groups is 1. The zero-order valence-electron chi connectivity index (χ0n) is 17.8. The van der Waals surface area contributed by atoms with Crippen LogP contribution in [0.15, 0.2) is 48.7 Å². The van der Waals surface area contributed by atoms with E-state index in [9.17, 15) is 4.79 Å². The first kappa shape index (κ1) is 20.7. The number of hydrogen-bond donors (Lipinski definition) is 1. The monoisotopic (exact) mass is 408 g/mol. The maximum Gasteiger partial charge on any atom is 0.317 e. The lowest BCUT2D eigenvalue weighted by atomic mass is 10.1. The van der Waals surface area contributed by atoms with Gasteiger partial charge in [0, 0.05) is 32.4 Å². The first-order valence-electron chi connectivity index (χ1n) is 11.1. The van der Waals surface area contributed by atoms with Crippen molar-refractivity contribution in [3.63, 3.8) is 0 Å². The van der Waals surface area contributed by atoms with Crippen molar-refractivity contribution in [3.05, 3.63) is 59.8 Å². The third-order valence-electron chi connectivity index (χ3n) is 5.90. The molecule has 160 valence electrons. The highest BCUT2D eigenvalue weighted by molar-refractivity contribution is 5.74.